The van der Waals surface area contributed by atoms with Crippen molar-refractivity contribution in [3.05, 3.63) is 64.2 Å². The van der Waals surface area contributed by atoms with Crippen LogP contribution in [0.2, 0.25) is 0 Å². The minimum absolute atomic E-state index is 0.135. The molecule has 0 fully saturated rings. The lowest BCUT2D eigenvalue weighted by Crippen LogP contribution is -2.14. The number of aromatic amines is 1. The normalized spacial score (nSPS) is 10.9. The second kappa shape index (κ2) is 7.70. The Kier molecular flexibility index (Phi) is 5.64. The van der Waals surface area contributed by atoms with E-state index in [1.54, 1.807) is 13.8 Å². The molecule has 5 nitrogen and oxygen atoms in total. The maximum atomic E-state index is 12.8. The number of Topliss-reactive ketones (excluding diaryl/α,β-unsaturated/α-hetero) is 2. The predicted molar refractivity (Wildman–Crippen MR) is 91.0 cm³/mol. The summed E-state index contributed by atoms with van der Waals surface area (Å²) in [5.74, 6) is -1.61. The van der Waals surface area contributed by atoms with Crippen LogP contribution >= 0.6 is 0 Å². The molecule has 1 aromatic heterocycles. The van der Waals surface area contributed by atoms with Gasteiger partial charge >= 0.3 is 5.97 Å². The molecule has 0 aliphatic carbocycles. The van der Waals surface area contributed by atoms with Crippen molar-refractivity contribution in [2.75, 3.05) is 6.61 Å². The number of benzene rings is 1. The lowest BCUT2D eigenvalue weighted by Gasteiger charge is -2.02. The molecule has 1 N–H and O–H groups in total. The Morgan fingerprint density at radius 2 is 1.80 bits per heavy atom. The first-order valence-electron chi connectivity index (χ1n) is 7.63. The molecule has 0 amide bonds. The Bertz CT molecular complexity index is 847. The summed E-state index contributed by atoms with van der Waals surface area (Å²) in [5.41, 5.74) is 2.53. The van der Waals surface area contributed by atoms with Crippen molar-refractivity contribution >= 4 is 23.6 Å². The summed E-state index contributed by atoms with van der Waals surface area (Å²) in [6.45, 7) is 4.37. The number of esters is 1. The highest BCUT2D eigenvalue weighted by molar-refractivity contribution is 6.04. The van der Waals surface area contributed by atoms with E-state index in [-0.39, 0.29) is 17.3 Å². The number of rotatable bonds is 6. The molecule has 2 aromatic rings. The number of aryl methyl sites for hydroxylation is 1. The van der Waals surface area contributed by atoms with E-state index >= 15 is 0 Å². The van der Waals surface area contributed by atoms with E-state index < -0.39 is 18.4 Å². The van der Waals surface area contributed by atoms with Crippen LogP contribution in [0.5, 0.6) is 0 Å². The molecule has 0 saturated heterocycles. The highest BCUT2D eigenvalue weighted by Crippen LogP contribution is 2.19. The van der Waals surface area contributed by atoms with E-state index in [1.165, 1.54) is 37.3 Å². The number of ketones is 2. The van der Waals surface area contributed by atoms with E-state index in [9.17, 15) is 18.8 Å². The average molecular weight is 343 g/mol. The van der Waals surface area contributed by atoms with Gasteiger partial charge in [-0.1, -0.05) is 12.1 Å². The molecule has 0 aliphatic rings. The molecule has 0 saturated carbocycles. The molecule has 1 aromatic carbocycles. The zero-order valence-corrected chi connectivity index (χ0v) is 14.2. The van der Waals surface area contributed by atoms with Crippen molar-refractivity contribution in [2.24, 2.45) is 0 Å². The van der Waals surface area contributed by atoms with Crippen LogP contribution < -0.4 is 0 Å². The summed E-state index contributed by atoms with van der Waals surface area (Å²) in [4.78, 5) is 38.3. The molecule has 2 rings (SSSR count). The average Bonchev–Trinajstić information content (AvgIpc) is 2.86. The van der Waals surface area contributed by atoms with E-state index in [4.69, 9.17) is 4.74 Å². The third-order valence-corrected chi connectivity index (χ3v) is 3.70. The first kappa shape index (κ1) is 18.3. The van der Waals surface area contributed by atoms with E-state index in [1.807, 2.05) is 0 Å². The SMILES string of the molecule is CC(=O)c1c(C)[nH]c(C(=O)COC(=O)/C=C/c2ccc(F)cc2)c1C. The van der Waals surface area contributed by atoms with Gasteiger partial charge in [0, 0.05) is 17.3 Å². The number of carbonyl (C=O) groups excluding carboxylic acids is 3. The minimum atomic E-state index is -0.689. The summed E-state index contributed by atoms with van der Waals surface area (Å²) >= 11 is 0. The summed E-state index contributed by atoms with van der Waals surface area (Å²) in [5, 5.41) is 0. The Labute approximate surface area is 144 Å². The van der Waals surface area contributed by atoms with Crippen LogP contribution in [0.25, 0.3) is 6.08 Å². The Hall–Kier alpha value is -3.02. The van der Waals surface area contributed by atoms with Gasteiger partial charge in [-0.3, -0.25) is 9.59 Å². The molecule has 0 atom stereocenters. The van der Waals surface area contributed by atoms with Crippen LogP contribution in [-0.2, 0) is 9.53 Å². The third-order valence-electron chi connectivity index (χ3n) is 3.70. The highest BCUT2D eigenvalue weighted by Gasteiger charge is 2.20. The number of carbonyl (C=O) groups is 3. The zero-order valence-electron chi connectivity index (χ0n) is 14.2. The van der Waals surface area contributed by atoms with E-state index in [0.717, 1.165) is 6.08 Å². The molecule has 25 heavy (non-hydrogen) atoms. The fraction of sp³-hybridized carbons (Fsp3) is 0.211. The fourth-order valence-corrected chi connectivity index (χ4v) is 2.55. The zero-order chi connectivity index (χ0) is 18.6. The molecule has 6 heteroatoms. The number of ether oxygens (including phenoxy) is 1. The second-order valence-electron chi connectivity index (χ2n) is 5.60. The van der Waals surface area contributed by atoms with Gasteiger partial charge in [0.25, 0.3) is 0 Å². The van der Waals surface area contributed by atoms with Gasteiger partial charge in [0.2, 0.25) is 5.78 Å². The molecular weight excluding hydrogens is 325 g/mol. The molecule has 0 aliphatic heterocycles. The maximum absolute atomic E-state index is 12.8. The quantitative estimate of drug-likeness (QED) is 0.495. The number of halogens is 1. The van der Waals surface area contributed by atoms with Gasteiger partial charge in [0.05, 0.1) is 5.69 Å². The summed E-state index contributed by atoms with van der Waals surface area (Å²) < 4.78 is 17.7. The Morgan fingerprint density at radius 3 is 2.36 bits per heavy atom. The first-order valence-corrected chi connectivity index (χ1v) is 7.63. The highest BCUT2D eigenvalue weighted by atomic mass is 19.1. The van der Waals surface area contributed by atoms with Crippen molar-refractivity contribution in [1.29, 1.82) is 0 Å². The lowest BCUT2D eigenvalue weighted by molar-refractivity contribution is -0.136. The largest absolute Gasteiger partial charge is 0.454 e. The second-order valence-corrected chi connectivity index (χ2v) is 5.60. The molecule has 130 valence electrons. The maximum Gasteiger partial charge on any atom is 0.331 e. The van der Waals surface area contributed by atoms with Gasteiger partial charge in [-0.15, -0.1) is 0 Å². The molecular formula is C19H18FNO4. The molecule has 1 heterocycles. The standard InChI is InChI=1S/C19H18FNO4/c1-11-18(13(3)22)12(2)21-19(11)16(23)10-25-17(24)9-6-14-4-7-15(20)8-5-14/h4-9,21H,10H2,1-3H3/b9-6+. The third kappa shape index (κ3) is 4.50. The summed E-state index contributed by atoms with van der Waals surface area (Å²) in [6.07, 6.45) is 2.62. The van der Waals surface area contributed by atoms with Crippen LogP contribution in [0.1, 0.15) is 44.6 Å². The van der Waals surface area contributed by atoms with Crippen molar-refractivity contribution in [1.82, 2.24) is 4.98 Å². The number of H-pyrrole nitrogens is 1. The van der Waals surface area contributed by atoms with Crippen molar-refractivity contribution in [3.63, 3.8) is 0 Å². The van der Waals surface area contributed by atoms with Gasteiger partial charge < -0.3 is 9.72 Å². The number of aromatic nitrogens is 1. The fourth-order valence-electron chi connectivity index (χ4n) is 2.55. The van der Waals surface area contributed by atoms with Crippen molar-refractivity contribution in [2.45, 2.75) is 20.8 Å². The van der Waals surface area contributed by atoms with Crippen LogP contribution in [0, 0.1) is 19.7 Å². The topological polar surface area (TPSA) is 76.2 Å². The summed E-state index contributed by atoms with van der Waals surface area (Å²) in [6, 6.07) is 5.58. The first-order chi connectivity index (χ1) is 11.8. The van der Waals surface area contributed by atoms with E-state index in [0.29, 0.717) is 22.4 Å². The van der Waals surface area contributed by atoms with Crippen LogP contribution in [0.4, 0.5) is 4.39 Å². The van der Waals surface area contributed by atoms with Gasteiger partial charge in [0.1, 0.15) is 5.82 Å². The number of hydrogen-bond acceptors (Lipinski definition) is 4. The molecule has 0 spiro atoms. The van der Waals surface area contributed by atoms with Crippen LogP contribution in [0.15, 0.2) is 30.3 Å². The molecule has 0 unspecified atom stereocenters. The van der Waals surface area contributed by atoms with Crippen LogP contribution in [-0.4, -0.2) is 29.1 Å². The Balaban J connectivity index is 1.98. The lowest BCUT2D eigenvalue weighted by atomic mass is 10.1. The minimum Gasteiger partial charge on any atom is -0.454 e. The van der Waals surface area contributed by atoms with E-state index in [2.05, 4.69) is 4.98 Å². The number of nitrogens with one attached hydrogen (secondary N) is 1. The predicted octanol–water partition coefficient (Wildman–Crippen LogP) is 3.41. The van der Waals surface area contributed by atoms with Crippen LogP contribution in [0.3, 0.4) is 0 Å². The summed E-state index contributed by atoms with van der Waals surface area (Å²) in [7, 11) is 0. The van der Waals surface area contributed by atoms with Gasteiger partial charge in [-0.2, -0.15) is 0 Å². The van der Waals surface area contributed by atoms with Gasteiger partial charge in [-0.25, -0.2) is 9.18 Å². The molecule has 0 radical (unpaired) electrons. The van der Waals surface area contributed by atoms with Crippen molar-refractivity contribution < 1.29 is 23.5 Å². The monoisotopic (exact) mass is 343 g/mol. The Morgan fingerprint density at radius 1 is 1.16 bits per heavy atom. The van der Waals surface area contributed by atoms with Crippen molar-refractivity contribution in [3.8, 4) is 0 Å². The van der Waals surface area contributed by atoms with Gasteiger partial charge in [0.15, 0.2) is 12.4 Å². The number of hydrogen-bond donors (Lipinski definition) is 1. The smallest absolute Gasteiger partial charge is 0.331 e. The van der Waals surface area contributed by atoms with Gasteiger partial charge in [-0.05, 0) is 50.1 Å². The molecule has 0 bridgehead atoms.